The summed E-state index contributed by atoms with van der Waals surface area (Å²) in [4.78, 5) is 39.5. The Bertz CT molecular complexity index is 1170. The highest BCUT2D eigenvalue weighted by atomic mass is 16.6. The lowest BCUT2D eigenvalue weighted by atomic mass is 9.95. The monoisotopic (exact) mass is 493 g/mol. The van der Waals surface area contributed by atoms with Crippen LogP contribution in [0.15, 0.2) is 66.8 Å². The molecule has 10 nitrogen and oxygen atoms in total. The van der Waals surface area contributed by atoms with Crippen molar-refractivity contribution < 1.29 is 34.0 Å². The quantitative estimate of drug-likeness (QED) is 0.133. The van der Waals surface area contributed by atoms with Gasteiger partial charge in [0, 0.05) is 17.7 Å². The van der Waals surface area contributed by atoms with E-state index >= 15 is 0 Å². The molecule has 2 aromatic carbocycles. The molecule has 0 aliphatic carbocycles. The Hall–Kier alpha value is -4.02. The highest BCUT2D eigenvalue weighted by molar-refractivity contribution is 6.46. The first-order valence-electron chi connectivity index (χ1n) is 11.7. The number of nitrogens with zero attached hydrogens (tertiary/aromatic N) is 2. The minimum absolute atomic E-state index is 0.123. The van der Waals surface area contributed by atoms with E-state index in [1.54, 1.807) is 30.3 Å². The first kappa shape index (κ1) is 25.1. The number of benzene rings is 2. The largest absolute Gasteiger partial charge is 0.872 e. The van der Waals surface area contributed by atoms with Gasteiger partial charge in [-0.1, -0.05) is 30.5 Å². The number of Topliss-reactive ketones (excluding diaryl/α,β-unsaturated/α-hetero) is 1. The van der Waals surface area contributed by atoms with E-state index in [1.807, 2.05) is 0 Å². The molecule has 2 fully saturated rings. The average molecular weight is 494 g/mol. The van der Waals surface area contributed by atoms with E-state index in [2.05, 4.69) is 6.58 Å². The summed E-state index contributed by atoms with van der Waals surface area (Å²) >= 11 is 0. The first-order chi connectivity index (χ1) is 17.4. The number of hydrogen-bond donors (Lipinski definition) is 1. The Morgan fingerprint density at radius 2 is 1.81 bits per heavy atom. The molecule has 0 radical (unpaired) electrons. The molecule has 2 aromatic rings. The number of likely N-dealkylation sites (tertiary alicyclic amines) is 1. The smallest absolute Gasteiger partial charge is 0.295 e. The third-order valence-electron chi connectivity index (χ3n) is 6.34. The Balaban J connectivity index is 1.70. The minimum Gasteiger partial charge on any atom is -0.872 e. The molecule has 1 N–H and O–H groups in total. The van der Waals surface area contributed by atoms with Crippen molar-refractivity contribution in [3.8, 4) is 5.75 Å². The van der Waals surface area contributed by atoms with Gasteiger partial charge in [0.1, 0.15) is 25.4 Å². The van der Waals surface area contributed by atoms with Crippen molar-refractivity contribution in [3.05, 3.63) is 88.0 Å². The lowest BCUT2D eigenvalue weighted by Gasteiger charge is -2.30. The summed E-state index contributed by atoms with van der Waals surface area (Å²) in [6.45, 7) is 7.55. The molecule has 0 bridgehead atoms. The van der Waals surface area contributed by atoms with Crippen LogP contribution in [0.5, 0.6) is 5.75 Å². The predicted molar refractivity (Wildman–Crippen MR) is 128 cm³/mol. The van der Waals surface area contributed by atoms with E-state index in [1.165, 1.54) is 34.1 Å². The van der Waals surface area contributed by atoms with Gasteiger partial charge in [-0.3, -0.25) is 19.7 Å². The van der Waals surface area contributed by atoms with E-state index in [4.69, 9.17) is 9.47 Å². The van der Waals surface area contributed by atoms with Gasteiger partial charge < -0.3 is 24.4 Å². The van der Waals surface area contributed by atoms with Gasteiger partial charge in [-0.25, -0.2) is 0 Å². The number of morpholine rings is 1. The van der Waals surface area contributed by atoms with Gasteiger partial charge in [0.25, 0.3) is 11.6 Å². The fourth-order valence-corrected chi connectivity index (χ4v) is 4.43. The van der Waals surface area contributed by atoms with Crippen LogP contribution in [0.3, 0.4) is 0 Å². The lowest BCUT2D eigenvalue weighted by molar-refractivity contribution is -0.907. The zero-order valence-electron chi connectivity index (χ0n) is 19.7. The number of nitro benzene ring substituents is 1. The van der Waals surface area contributed by atoms with Crippen LogP contribution in [0.1, 0.15) is 17.2 Å². The van der Waals surface area contributed by atoms with Crippen LogP contribution in [0.25, 0.3) is 5.76 Å². The van der Waals surface area contributed by atoms with Gasteiger partial charge in [0.05, 0.1) is 37.3 Å². The molecule has 1 unspecified atom stereocenters. The average Bonchev–Trinajstić information content (AvgIpc) is 3.16. The number of ether oxygens (including phenoxy) is 2. The summed E-state index contributed by atoms with van der Waals surface area (Å²) in [5.41, 5.74) is 0.419. The van der Waals surface area contributed by atoms with Crippen molar-refractivity contribution >= 4 is 23.1 Å². The number of rotatable bonds is 9. The molecule has 2 aliphatic rings. The molecule has 0 spiro atoms. The number of quaternary nitrogens is 1. The Morgan fingerprint density at radius 3 is 2.42 bits per heavy atom. The van der Waals surface area contributed by atoms with Gasteiger partial charge in [0.2, 0.25) is 5.78 Å². The van der Waals surface area contributed by atoms with E-state index in [-0.39, 0.29) is 23.4 Å². The molecule has 188 valence electrons. The second kappa shape index (κ2) is 11.1. The van der Waals surface area contributed by atoms with Crippen molar-refractivity contribution in [2.45, 2.75) is 6.04 Å². The Labute approximate surface area is 208 Å². The number of ketones is 1. The van der Waals surface area contributed by atoms with Crippen LogP contribution in [0, 0.1) is 10.1 Å². The molecule has 36 heavy (non-hydrogen) atoms. The summed E-state index contributed by atoms with van der Waals surface area (Å²) in [5.74, 6) is -1.63. The Morgan fingerprint density at radius 1 is 1.14 bits per heavy atom. The maximum Gasteiger partial charge on any atom is 0.295 e. The second-order valence-corrected chi connectivity index (χ2v) is 8.56. The zero-order chi connectivity index (χ0) is 25.7. The second-order valence-electron chi connectivity index (χ2n) is 8.56. The van der Waals surface area contributed by atoms with Crippen LogP contribution in [-0.2, 0) is 14.3 Å². The molecular formula is C26H27N3O7. The zero-order valence-corrected chi connectivity index (χ0v) is 19.7. The van der Waals surface area contributed by atoms with E-state index < -0.39 is 28.4 Å². The van der Waals surface area contributed by atoms with Crippen molar-refractivity contribution in [1.29, 1.82) is 0 Å². The number of non-ortho nitro benzene ring substituents is 1. The molecule has 2 aliphatic heterocycles. The van der Waals surface area contributed by atoms with Gasteiger partial charge in [-0.15, -0.1) is 0 Å². The van der Waals surface area contributed by atoms with Crippen LogP contribution in [-0.4, -0.2) is 67.5 Å². The van der Waals surface area contributed by atoms with Gasteiger partial charge >= 0.3 is 0 Å². The Kier molecular flexibility index (Phi) is 7.77. The molecule has 0 aromatic heterocycles. The van der Waals surface area contributed by atoms with E-state index in [0.29, 0.717) is 37.7 Å². The summed E-state index contributed by atoms with van der Waals surface area (Å²) < 4.78 is 10.8. The van der Waals surface area contributed by atoms with Crippen LogP contribution >= 0.6 is 0 Å². The number of nitrogens with one attached hydrogen (secondary N) is 1. The van der Waals surface area contributed by atoms with Gasteiger partial charge in [-0.05, 0) is 35.4 Å². The normalized spacial score (nSPS) is 19.9. The molecule has 2 saturated heterocycles. The van der Waals surface area contributed by atoms with Crippen molar-refractivity contribution in [2.24, 2.45) is 0 Å². The summed E-state index contributed by atoms with van der Waals surface area (Å²) in [5, 5.41) is 24.6. The van der Waals surface area contributed by atoms with Crippen LogP contribution < -0.4 is 14.7 Å². The maximum atomic E-state index is 13.5. The third-order valence-corrected chi connectivity index (χ3v) is 6.34. The van der Waals surface area contributed by atoms with Gasteiger partial charge in [0.15, 0.2) is 0 Å². The molecule has 4 rings (SSSR count). The maximum absolute atomic E-state index is 13.5. The molecule has 2 heterocycles. The topological polar surface area (TPSA) is 126 Å². The number of hydrogen-bond acceptors (Lipinski definition) is 7. The van der Waals surface area contributed by atoms with E-state index in [0.717, 1.165) is 13.1 Å². The predicted octanol–water partition coefficient (Wildman–Crippen LogP) is 0.299. The standard InChI is InChI=1S/C26H27N3O7/c1-2-15-36-21-9-5-19(6-10-21)24(30)22-23(18-3-7-20(8-4-18)29(33)34)28(26(32)25(22)31)12-11-27-13-16-35-17-14-27/h2-10,23,30H,1,11-17H2. The van der Waals surface area contributed by atoms with Crippen molar-refractivity contribution in [2.75, 3.05) is 46.0 Å². The van der Waals surface area contributed by atoms with Crippen LogP contribution in [0.2, 0.25) is 0 Å². The number of amides is 1. The molecule has 10 heteroatoms. The molecule has 0 saturated carbocycles. The minimum atomic E-state index is -0.935. The van der Waals surface area contributed by atoms with Crippen molar-refractivity contribution in [1.82, 2.24) is 4.90 Å². The molecular weight excluding hydrogens is 466 g/mol. The summed E-state index contributed by atoms with van der Waals surface area (Å²) in [6, 6.07) is 11.0. The summed E-state index contributed by atoms with van der Waals surface area (Å²) in [6.07, 6.45) is 1.60. The van der Waals surface area contributed by atoms with Gasteiger partial charge in [-0.2, -0.15) is 0 Å². The number of carbonyl (C=O) groups excluding carboxylic acids is 2. The fraction of sp³-hybridized carbons (Fsp3) is 0.308. The summed E-state index contributed by atoms with van der Waals surface area (Å²) in [7, 11) is 0. The SMILES string of the molecule is C=CCOc1ccc(C([O-])=C2C(=O)C(=O)N(CC[NH+]3CCOCC3)C2c2ccc([N+](=O)[O-])cc2)cc1. The fourth-order valence-electron chi connectivity index (χ4n) is 4.43. The number of nitro groups is 1. The highest BCUT2D eigenvalue weighted by Gasteiger charge is 2.44. The number of carbonyl (C=O) groups is 2. The molecule has 1 amide bonds. The lowest BCUT2D eigenvalue weighted by Crippen LogP contribution is -3.14. The van der Waals surface area contributed by atoms with Crippen molar-refractivity contribution in [3.63, 3.8) is 0 Å². The highest BCUT2D eigenvalue weighted by Crippen LogP contribution is 2.39. The third kappa shape index (κ3) is 5.29. The first-order valence-corrected chi connectivity index (χ1v) is 11.7. The molecule has 1 atom stereocenters. The van der Waals surface area contributed by atoms with E-state index in [9.17, 15) is 24.8 Å². The van der Waals surface area contributed by atoms with Crippen LogP contribution in [0.4, 0.5) is 5.69 Å².